The van der Waals surface area contributed by atoms with Crippen LogP contribution in [0.1, 0.15) is 25.7 Å². The lowest BCUT2D eigenvalue weighted by Gasteiger charge is -2.49. The summed E-state index contributed by atoms with van der Waals surface area (Å²) >= 11 is 5.96. The molecule has 2 nitrogen and oxygen atoms in total. The first-order chi connectivity index (χ1) is 8.67. The molecular weight excluding hydrogens is 288 g/mol. The summed E-state index contributed by atoms with van der Waals surface area (Å²) in [6.07, 6.45) is 4.92. The molecule has 1 spiro atoms. The zero-order valence-corrected chi connectivity index (χ0v) is 12.2. The minimum absolute atomic E-state index is 0. The first kappa shape index (κ1) is 14.9. The van der Waals surface area contributed by atoms with Crippen LogP contribution >= 0.6 is 24.0 Å². The monoisotopic (exact) mass is 305 g/mol. The average molecular weight is 306 g/mol. The van der Waals surface area contributed by atoms with Crippen molar-refractivity contribution in [2.75, 3.05) is 13.1 Å². The number of nitrogens with one attached hydrogen (secondary N) is 1. The molecule has 5 heteroatoms. The van der Waals surface area contributed by atoms with Gasteiger partial charge in [0.1, 0.15) is 11.6 Å². The van der Waals surface area contributed by atoms with Gasteiger partial charge in [0.05, 0.1) is 11.1 Å². The Morgan fingerprint density at radius 2 is 1.95 bits per heavy atom. The van der Waals surface area contributed by atoms with E-state index in [1.165, 1.54) is 25.0 Å². The zero-order chi connectivity index (χ0) is 12.6. The van der Waals surface area contributed by atoms with Crippen LogP contribution in [0.4, 0.5) is 4.39 Å². The highest BCUT2D eigenvalue weighted by Crippen LogP contribution is 2.49. The predicted molar refractivity (Wildman–Crippen MR) is 76.8 cm³/mol. The van der Waals surface area contributed by atoms with Crippen molar-refractivity contribution in [1.82, 2.24) is 5.32 Å². The molecule has 1 aromatic rings. The Kier molecular flexibility index (Phi) is 4.59. The highest BCUT2D eigenvalue weighted by Gasteiger charge is 2.45. The van der Waals surface area contributed by atoms with E-state index in [0.29, 0.717) is 16.2 Å². The van der Waals surface area contributed by atoms with Gasteiger partial charge in [-0.3, -0.25) is 0 Å². The molecule has 1 N–H and O–H groups in total. The Bertz CT molecular complexity index is 441. The second-order valence-electron chi connectivity index (χ2n) is 5.47. The molecule has 0 atom stereocenters. The van der Waals surface area contributed by atoms with Crippen LogP contribution in [0.2, 0.25) is 5.02 Å². The lowest BCUT2D eigenvalue weighted by Crippen LogP contribution is -2.49. The van der Waals surface area contributed by atoms with Crippen LogP contribution < -0.4 is 10.1 Å². The summed E-state index contributed by atoms with van der Waals surface area (Å²) in [5.74, 6) is 0.280. The number of piperidine rings is 1. The van der Waals surface area contributed by atoms with Gasteiger partial charge in [-0.15, -0.1) is 12.4 Å². The van der Waals surface area contributed by atoms with Crippen LogP contribution in [0.3, 0.4) is 0 Å². The fourth-order valence-electron chi connectivity index (χ4n) is 3.11. The van der Waals surface area contributed by atoms with Crippen molar-refractivity contribution in [2.45, 2.75) is 31.8 Å². The van der Waals surface area contributed by atoms with Crippen molar-refractivity contribution in [3.8, 4) is 5.75 Å². The molecule has 1 saturated heterocycles. The van der Waals surface area contributed by atoms with Crippen LogP contribution in [0, 0.1) is 11.2 Å². The molecule has 2 aliphatic rings. The van der Waals surface area contributed by atoms with Gasteiger partial charge in [0.15, 0.2) is 0 Å². The third kappa shape index (κ3) is 3.15. The normalized spacial score (nSPS) is 21.6. The van der Waals surface area contributed by atoms with Gasteiger partial charge in [-0.1, -0.05) is 11.6 Å². The van der Waals surface area contributed by atoms with E-state index < -0.39 is 0 Å². The lowest BCUT2D eigenvalue weighted by atomic mass is 9.62. The van der Waals surface area contributed by atoms with Gasteiger partial charge in [-0.25, -0.2) is 4.39 Å². The largest absolute Gasteiger partial charge is 0.489 e. The molecule has 0 amide bonds. The summed E-state index contributed by atoms with van der Waals surface area (Å²) in [6, 6.07) is 4.31. The minimum Gasteiger partial charge on any atom is -0.489 e. The van der Waals surface area contributed by atoms with Crippen LogP contribution in [-0.2, 0) is 0 Å². The maximum absolute atomic E-state index is 12.9. The maximum Gasteiger partial charge on any atom is 0.138 e. The summed E-state index contributed by atoms with van der Waals surface area (Å²) in [7, 11) is 0. The molecule has 0 unspecified atom stereocenters. The van der Waals surface area contributed by atoms with Gasteiger partial charge in [0, 0.05) is 0 Å². The summed E-state index contributed by atoms with van der Waals surface area (Å²) in [5.41, 5.74) is 0.489. The first-order valence-electron chi connectivity index (χ1n) is 6.49. The third-order valence-corrected chi connectivity index (χ3v) is 4.47. The zero-order valence-electron chi connectivity index (χ0n) is 10.6. The van der Waals surface area contributed by atoms with Gasteiger partial charge in [0.2, 0.25) is 0 Å². The highest BCUT2D eigenvalue weighted by atomic mass is 35.5. The van der Waals surface area contributed by atoms with Crippen LogP contribution in [0.15, 0.2) is 18.2 Å². The van der Waals surface area contributed by atoms with Crippen LogP contribution in [0.25, 0.3) is 0 Å². The molecular formula is C14H18Cl2FNO. The van der Waals surface area contributed by atoms with E-state index in [-0.39, 0.29) is 24.3 Å². The van der Waals surface area contributed by atoms with Crippen molar-refractivity contribution in [1.29, 1.82) is 0 Å². The van der Waals surface area contributed by atoms with E-state index in [4.69, 9.17) is 16.3 Å². The summed E-state index contributed by atoms with van der Waals surface area (Å²) in [5, 5.41) is 3.75. The Balaban J connectivity index is 0.00000133. The quantitative estimate of drug-likeness (QED) is 0.897. The Hall–Kier alpha value is -0.510. The number of benzene rings is 1. The van der Waals surface area contributed by atoms with E-state index in [1.54, 1.807) is 6.07 Å². The van der Waals surface area contributed by atoms with Crippen LogP contribution in [-0.4, -0.2) is 19.2 Å². The maximum atomic E-state index is 12.9. The predicted octanol–water partition coefficient (Wildman–Crippen LogP) is 3.81. The van der Waals surface area contributed by atoms with Crippen molar-refractivity contribution in [3.05, 3.63) is 29.0 Å². The smallest absolute Gasteiger partial charge is 0.138 e. The number of hydrogen-bond acceptors (Lipinski definition) is 2. The van der Waals surface area contributed by atoms with Gasteiger partial charge in [-0.05, 0) is 62.4 Å². The fraction of sp³-hybridized carbons (Fsp3) is 0.571. The molecule has 2 fully saturated rings. The SMILES string of the molecule is Cl.Fc1ccc(OC2CC3(CCNCC3)C2)c(Cl)c1. The molecule has 1 heterocycles. The molecule has 106 valence electrons. The number of halogens is 3. The molecule has 1 aromatic carbocycles. The van der Waals surface area contributed by atoms with Crippen molar-refractivity contribution in [2.24, 2.45) is 5.41 Å². The van der Waals surface area contributed by atoms with E-state index in [2.05, 4.69) is 5.32 Å². The average Bonchev–Trinajstić information content (AvgIpc) is 2.32. The summed E-state index contributed by atoms with van der Waals surface area (Å²) in [6.45, 7) is 2.23. The van der Waals surface area contributed by atoms with Gasteiger partial charge < -0.3 is 10.1 Å². The fourth-order valence-corrected chi connectivity index (χ4v) is 3.32. The topological polar surface area (TPSA) is 21.3 Å². The number of ether oxygens (including phenoxy) is 1. The number of hydrogen-bond donors (Lipinski definition) is 1. The molecule has 1 aliphatic heterocycles. The molecule has 1 aliphatic carbocycles. The molecule has 19 heavy (non-hydrogen) atoms. The number of rotatable bonds is 2. The Morgan fingerprint density at radius 3 is 2.58 bits per heavy atom. The first-order valence-corrected chi connectivity index (χ1v) is 6.87. The van der Waals surface area contributed by atoms with Crippen molar-refractivity contribution in [3.63, 3.8) is 0 Å². The van der Waals surface area contributed by atoms with Gasteiger partial charge >= 0.3 is 0 Å². The minimum atomic E-state index is -0.323. The van der Waals surface area contributed by atoms with Crippen LogP contribution in [0.5, 0.6) is 5.75 Å². The molecule has 3 rings (SSSR count). The Labute approximate surface area is 124 Å². The highest BCUT2D eigenvalue weighted by molar-refractivity contribution is 6.32. The van der Waals surface area contributed by atoms with Gasteiger partial charge in [0.25, 0.3) is 0 Å². The van der Waals surface area contributed by atoms with Crippen molar-refractivity contribution < 1.29 is 9.13 Å². The molecule has 1 saturated carbocycles. The molecule has 0 radical (unpaired) electrons. The summed E-state index contributed by atoms with van der Waals surface area (Å²) < 4.78 is 18.8. The van der Waals surface area contributed by atoms with Crippen molar-refractivity contribution >= 4 is 24.0 Å². The third-order valence-electron chi connectivity index (χ3n) is 4.17. The second-order valence-corrected chi connectivity index (χ2v) is 5.88. The van der Waals surface area contributed by atoms with E-state index >= 15 is 0 Å². The lowest BCUT2D eigenvalue weighted by molar-refractivity contribution is -0.0347. The standard InChI is InChI=1S/C14H17ClFNO.ClH/c15-12-7-10(16)1-2-13(12)18-11-8-14(9-11)3-5-17-6-4-14;/h1-2,7,11,17H,3-6,8-9H2;1H. The van der Waals surface area contributed by atoms with E-state index in [0.717, 1.165) is 25.9 Å². The van der Waals surface area contributed by atoms with Gasteiger partial charge in [-0.2, -0.15) is 0 Å². The van der Waals surface area contributed by atoms with E-state index in [1.807, 2.05) is 0 Å². The summed E-state index contributed by atoms with van der Waals surface area (Å²) in [4.78, 5) is 0. The second kappa shape index (κ2) is 5.86. The molecule has 0 aromatic heterocycles. The Morgan fingerprint density at radius 1 is 1.26 bits per heavy atom. The van der Waals surface area contributed by atoms with E-state index in [9.17, 15) is 4.39 Å². The molecule has 0 bridgehead atoms.